The third-order valence-corrected chi connectivity index (χ3v) is 3.40. The zero-order valence-electron chi connectivity index (χ0n) is 12.9. The molecule has 7 heteroatoms. The predicted molar refractivity (Wildman–Crippen MR) is 99.5 cm³/mol. The third kappa shape index (κ3) is 7.28. The summed E-state index contributed by atoms with van der Waals surface area (Å²) in [5, 5.41) is 9.65. The fraction of sp³-hybridized carbons (Fsp3) is 0.692. The van der Waals surface area contributed by atoms with Gasteiger partial charge in [-0.15, -0.1) is 35.3 Å². The lowest BCUT2D eigenvalue weighted by molar-refractivity contribution is 0.614. The molecule has 1 aromatic heterocycles. The van der Waals surface area contributed by atoms with Crippen molar-refractivity contribution in [1.82, 2.24) is 15.6 Å². The highest BCUT2D eigenvalue weighted by Gasteiger charge is 2.04. The normalized spacial score (nSPS) is 11.2. The fourth-order valence-corrected chi connectivity index (χ4v) is 2.13. The van der Waals surface area contributed by atoms with Crippen molar-refractivity contribution in [2.75, 3.05) is 32.1 Å². The minimum absolute atomic E-state index is 0. The number of aromatic nitrogens is 1. The van der Waals surface area contributed by atoms with Crippen molar-refractivity contribution in [3.8, 4) is 0 Å². The monoisotopic (exact) mass is 411 g/mol. The molecule has 0 bridgehead atoms. The maximum Gasteiger partial charge on any atom is 0.191 e. The molecule has 5 nitrogen and oxygen atoms in total. The van der Waals surface area contributed by atoms with Crippen LogP contribution < -0.4 is 15.5 Å². The Morgan fingerprint density at radius 1 is 1.40 bits per heavy atom. The van der Waals surface area contributed by atoms with Crippen molar-refractivity contribution in [2.45, 2.75) is 27.3 Å². The van der Waals surface area contributed by atoms with E-state index in [1.807, 2.05) is 19.0 Å². The minimum Gasteiger partial charge on any atom is -0.357 e. The Hall–Kier alpha value is -0.570. The number of rotatable bonds is 6. The van der Waals surface area contributed by atoms with Gasteiger partial charge in [-0.25, -0.2) is 9.98 Å². The third-order valence-electron chi connectivity index (χ3n) is 2.34. The Labute approximate surface area is 143 Å². The van der Waals surface area contributed by atoms with Gasteiger partial charge >= 0.3 is 0 Å². The van der Waals surface area contributed by atoms with Crippen LogP contribution >= 0.6 is 35.3 Å². The highest BCUT2D eigenvalue weighted by molar-refractivity contribution is 14.0. The standard InChI is InChI=1S/C13H25N5S.HI/c1-6-14-12(15-7-10(2)3)16-8-11-9-19-13(17-11)18(4)5;/h9-10H,6-8H2,1-5H3,(H2,14,15,16);1H. The fourth-order valence-electron chi connectivity index (χ4n) is 1.38. The maximum atomic E-state index is 4.55. The lowest BCUT2D eigenvalue weighted by atomic mass is 10.2. The van der Waals surface area contributed by atoms with E-state index in [1.165, 1.54) is 0 Å². The Morgan fingerprint density at radius 3 is 2.60 bits per heavy atom. The van der Waals surface area contributed by atoms with Crippen LogP contribution in [0.4, 0.5) is 5.13 Å². The van der Waals surface area contributed by atoms with Crippen molar-refractivity contribution in [1.29, 1.82) is 0 Å². The molecule has 0 saturated carbocycles. The van der Waals surface area contributed by atoms with Crippen molar-refractivity contribution in [3.63, 3.8) is 0 Å². The number of aliphatic imine (C=N–C) groups is 1. The van der Waals surface area contributed by atoms with E-state index in [-0.39, 0.29) is 24.0 Å². The van der Waals surface area contributed by atoms with Gasteiger partial charge < -0.3 is 15.5 Å². The molecule has 1 rings (SSSR count). The van der Waals surface area contributed by atoms with Crippen LogP contribution in [-0.4, -0.2) is 38.1 Å². The molecule has 116 valence electrons. The van der Waals surface area contributed by atoms with Crippen LogP contribution in [0.3, 0.4) is 0 Å². The molecule has 0 unspecified atom stereocenters. The summed E-state index contributed by atoms with van der Waals surface area (Å²) < 4.78 is 0. The highest BCUT2D eigenvalue weighted by atomic mass is 127. The molecule has 1 aromatic rings. The van der Waals surface area contributed by atoms with E-state index in [4.69, 9.17) is 0 Å². The molecule has 1 heterocycles. The van der Waals surface area contributed by atoms with Crippen molar-refractivity contribution in [3.05, 3.63) is 11.1 Å². The lowest BCUT2D eigenvalue weighted by Crippen LogP contribution is -2.39. The Morgan fingerprint density at radius 2 is 2.10 bits per heavy atom. The van der Waals surface area contributed by atoms with E-state index in [1.54, 1.807) is 11.3 Å². The van der Waals surface area contributed by atoms with E-state index < -0.39 is 0 Å². The molecule has 2 N–H and O–H groups in total. The Bertz CT molecular complexity index is 403. The molecule has 0 spiro atoms. The summed E-state index contributed by atoms with van der Waals surface area (Å²) in [6, 6.07) is 0. The summed E-state index contributed by atoms with van der Waals surface area (Å²) in [6.07, 6.45) is 0. The largest absolute Gasteiger partial charge is 0.357 e. The molecule has 0 atom stereocenters. The summed E-state index contributed by atoms with van der Waals surface area (Å²) >= 11 is 1.65. The molecule has 0 aliphatic rings. The van der Waals surface area contributed by atoms with Gasteiger partial charge in [0.25, 0.3) is 0 Å². The molecular formula is C13H26IN5S. The quantitative estimate of drug-likeness (QED) is 0.429. The number of halogens is 1. The number of nitrogens with one attached hydrogen (secondary N) is 2. The van der Waals surface area contributed by atoms with E-state index in [9.17, 15) is 0 Å². The van der Waals surface area contributed by atoms with Gasteiger partial charge in [-0.1, -0.05) is 13.8 Å². The van der Waals surface area contributed by atoms with E-state index in [0.717, 1.165) is 29.9 Å². The molecular weight excluding hydrogens is 385 g/mol. The molecule has 0 aliphatic heterocycles. The smallest absolute Gasteiger partial charge is 0.191 e. The number of thiazole rings is 1. The number of guanidine groups is 1. The average molecular weight is 411 g/mol. The van der Waals surface area contributed by atoms with Crippen LogP contribution in [0, 0.1) is 5.92 Å². The van der Waals surface area contributed by atoms with E-state index >= 15 is 0 Å². The summed E-state index contributed by atoms with van der Waals surface area (Å²) in [5.41, 5.74) is 1.01. The second-order valence-electron chi connectivity index (χ2n) is 4.99. The summed E-state index contributed by atoms with van der Waals surface area (Å²) in [4.78, 5) is 11.1. The van der Waals surface area contributed by atoms with Crippen LogP contribution in [0.15, 0.2) is 10.4 Å². The molecule has 0 aliphatic carbocycles. The summed E-state index contributed by atoms with van der Waals surface area (Å²) in [7, 11) is 4.00. The van der Waals surface area contributed by atoms with Crippen molar-refractivity contribution < 1.29 is 0 Å². The maximum absolute atomic E-state index is 4.55. The number of anilines is 1. The van der Waals surface area contributed by atoms with Crippen LogP contribution in [0.2, 0.25) is 0 Å². The van der Waals surface area contributed by atoms with Crippen LogP contribution in [0.5, 0.6) is 0 Å². The van der Waals surface area contributed by atoms with Crippen molar-refractivity contribution in [2.24, 2.45) is 10.9 Å². The predicted octanol–water partition coefficient (Wildman–Crippen LogP) is 2.54. The van der Waals surface area contributed by atoms with Crippen molar-refractivity contribution >= 4 is 46.4 Å². The summed E-state index contributed by atoms with van der Waals surface area (Å²) in [5.74, 6) is 1.46. The van der Waals surface area contributed by atoms with Crippen LogP contribution in [-0.2, 0) is 6.54 Å². The van der Waals surface area contributed by atoms with Gasteiger partial charge in [-0.2, -0.15) is 0 Å². The first-order valence-corrected chi connectivity index (χ1v) is 7.54. The highest BCUT2D eigenvalue weighted by Crippen LogP contribution is 2.18. The zero-order valence-corrected chi connectivity index (χ0v) is 16.1. The number of hydrogen-bond acceptors (Lipinski definition) is 4. The van der Waals surface area contributed by atoms with Gasteiger partial charge in [0.05, 0.1) is 12.2 Å². The van der Waals surface area contributed by atoms with E-state index in [2.05, 4.69) is 46.8 Å². The number of hydrogen-bond donors (Lipinski definition) is 2. The van der Waals surface area contributed by atoms with Gasteiger partial charge in [0.15, 0.2) is 11.1 Å². The second-order valence-corrected chi connectivity index (χ2v) is 5.82. The van der Waals surface area contributed by atoms with Crippen LogP contribution in [0.1, 0.15) is 26.5 Å². The van der Waals surface area contributed by atoms with Gasteiger partial charge in [0.1, 0.15) is 0 Å². The second kappa shape index (κ2) is 10.2. The first-order valence-electron chi connectivity index (χ1n) is 6.66. The molecule has 0 fully saturated rings. The summed E-state index contributed by atoms with van der Waals surface area (Å²) in [6.45, 7) is 8.83. The first kappa shape index (κ1) is 19.4. The van der Waals surface area contributed by atoms with Crippen LogP contribution in [0.25, 0.3) is 0 Å². The molecule has 0 amide bonds. The number of nitrogens with zero attached hydrogens (tertiary/aromatic N) is 3. The van der Waals surface area contributed by atoms with E-state index in [0.29, 0.717) is 12.5 Å². The van der Waals surface area contributed by atoms with Gasteiger partial charge in [0.2, 0.25) is 0 Å². The molecule has 0 aromatic carbocycles. The SMILES string of the molecule is CCNC(=NCc1csc(N(C)C)n1)NCC(C)C.I. The first-order chi connectivity index (χ1) is 9.02. The van der Waals surface area contributed by atoms with Gasteiger partial charge in [0, 0.05) is 32.6 Å². The Balaban J connectivity index is 0.00000361. The molecule has 20 heavy (non-hydrogen) atoms. The Kier molecular flexibility index (Phi) is 9.91. The van der Waals surface area contributed by atoms with Gasteiger partial charge in [-0.3, -0.25) is 0 Å². The molecule has 0 saturated heterocycles. The average Bonchev–Trinajstić information content (AvgIpc) is 2.81. The lowest BCUT2D eigenvalue weighted by Gasteiger charge is -2.12. The molecule has 0 radical (unpaired) electrons. The topological polar surface area (TPSA) is 52.6 Å². The zero-order chi connectivity index (χ0) is 14.3. The minimum atomic E-state index is 0. The van der Waals surface area contributed by atoms with Gasteiger partial charge in [-0.05, 0) is 12.8 Å².